The first kappa shape index (κ1) is 22.5. The topological polar surface area (TPSA) is 67.4 Å². The van der Waals surface area contributed by atoms with Crippen LogP contribution in [0.25, 0.3) is 0 Å². The third-order valence-corrected chi connectivity index (χ3v) is 8.05. The monoisotopic (exact) mass is 474 g/mol. The van der Waals surface area contributed by atoms with Crippen molar-refractivity contribution in [3.05, 3.63) is 95.1 Å². The quantitative estimate of drug-likeness (QED) is 0.410. The van der Waals surface area contributed by atoms with E-state index in [1.54, 1.807) is 6.07 Å². The smallest absolute Gasteiger partial charge is 0.261 e. The van der Waals surface area contributed by atoms with Crippen LogP contribution in [-0.2, 0) is 10.0 Å². The summed E-state index contributed by atoms with van der Waals surface area (Å²) in [5.41, 5.74) is 5.85. The number of fused-ring (bicyclic) bond motifs is 3. The minimum atomic E-state index is -3.70. The van der Waals surface area contributed by atoms with E-state index < -0.39 is 10.0 Å². The van der Waals surface area contributed by atoms with Gasteiger partial charge in [-0.3, -0.25) is 4.72 Å². The fourth-order valence-corrected chi connectivity index (χ4v) is 6.33. The van der Waals surface area contributed by atoms with E-state index in [0.717, 1.165) is 34.5 Å². The molecule has 0 saturated carbocycles. The summed E-state index contributed by atoms with van der Waals surface area (Å²) in [4.78, 5) is 0.283. The van der Waals surface area contributed by atoms with Crippen LogP contribution < -0.4 is 14.8 Å². The zero-order valence-corrected chi connectivity index (χ0v) is 20.5. The second-order valence-electron chi connectivity index (χ2n) is 9.21. The Morgan fingerprint density at radius 3 is 2.44 bits per heavy atom. The molecule has 0 saturated heterocycles. The second kappa shape index (κ2) is 8.84. The number of hydrogen-bond acceptors (Lipinski definition) is 4. The van der Waals surface area contributed by atoms with Crippen LogP contribution in [0.4, 0.5) is 11.4 Å². The van der Waals surface area contributed by atoms with Gasteiger partial charge in [-0.05, 0) is 97.8 Å². The number of rotatable bonds is 6. The van der Waals surface area contributed by atoms with Gasteiger partial charge in [0.05, 0.1) is 17.5 Å². The summed E-state index contributed by atoms with van der Waals surface area (Å²) < 4.78 is 34.8. The van der Waals surface area contributed by atoms with Crippen molar-refractivity contribution in [2.24, 2.45) is 5.92 Å². The van der Waals surface area contributed by atoms with Gasteiger partial charge in [0.1, 0.15) is 5.75 Å². The van der Waals surface area contributed by atoms with Crippen LogP contribution in [0.3, 0.4) is 0 Å². The predicted octanol–water partition coefficient (Wildman–Crippen LogP) is 6.33. The van der Waals surface area contributed by atoms with Gasteiger partial charge in [0.15, 0.2) is 0 Å². The van der Waals surface area contributed by atoms with Crippen LogP contribution in [0.5, 0.6) is 5.75 Å². The van der Waals surface area contributed by atoms with E-state index >= 15 is 0 Å². The molecular formula is C28H30N2O3S. The first-order valence-corrected chi connectivity index (χ1v) is 13.2. The van der Waals surface area contributed by atoms with E-state index in [4.69, 9.17) is 4.74 Å². The van der Waals surface area contributed by atoms with Gasteiger partial charge in [-0.1, -0.05) is 30.4 Å². The van der Waals surface area contributed by atoms with Gasteiger partial charge < -0.3 is 10.1 Å². The molecule has 5 rings (SSSR count). The fourth-order valence-electron chi connectivity index (χ4n) is 5.26. The Labute approximate surface area is 201 Å². The van der Waals surface area contributed by atoms with Crippen LogP contribution in [0.15, 0.2) is 77.7 Å². The molecule has 176 valence electrons. The summed E-state index contributed by atoms with van der Waals surface area (Å²) in [6.45, 7) is 6.55. The van der Waals surface area contributed by atoms with Crippen LogP contribution in [-0.4, -0.2) is 15.0 Å². The molecule has 6 heteroatoms. The SMILES string of the molecule is CCOc1ccc([C@H]2Nc3ccc(S(=O)(=O)Nc4cc(C)cc(C)c4)cc3[C@H]3C=CC[C@H]32)cc1. The molecule has 2 N–H and O–H groups in total. The maximum Gasteiger partial charge on any atom is 0.261 e. The average molecular weight is 475 g/mol. The van der Waals surface area contributed by atoms with Crippen LogP contribution in [0.2, 0.25) is 0 Å². The molecule has 0 radical (unpaired) electrons. The molecule has 3 aromatic carbocycles. The molecule has 0 fully saturated rings. The van der Waals surface area contributed by atoms with Crippen LogP contribution in [0.1, 0.15) is 47.6 Å². The second-order valence-corrected chi connectivity index (χ2v) is 10.9. The average Bonchev–Trinajstić information content (AvgIpc) is 3.28. The molecule has 0 unspecified atom stereocenters. The highest BCUT2D eigenvalue weighted by Crippen LogP contribution is 2.50. The summed E-state index contributed by atoms with van der Waals surface area (Å²) in [5.74, 6) is 1.37. The third kappa shape index (κ3) is 4.30. The Morgan fingerprint density at radius 2 is 1.74 bits per heavy atom. The maximum absolute atomic E-state index is 13.2. The van der Waals surface area contributed by atoms with E-state index in [1.165, 1.54) is 5.56 Å². The van der Waals surface area contributed by atoms with Gasteiger partial charge in [-0.15, -0.1) is 0 Å². The molecule has 1 aliphatic heterocycles. The van der Waals surface area contributed by atoms with Crippen molar-refractivity contribution in [3.8, 4) is 5.75 Å². The predicted molar refractivity (Wildman–Crippen MR) is 137 cm³/mol. The van der Waals surface area contributed by atoms with Crippen molar-refractivity contribution in [3.63, 3.8) is 0 Å². The molecule has 34 heavy (non-hydrogen) atoms. The van der Waals surface area contributed by atoms with E-state index in [9.17, 15) is 8.42 Å². The Morgan fingerprint density at radius 1 is 1.00 bits per heavy atom. The molecule has 0 spiro atoms. The maximum atomic E-state index is 13.2. The summed E-state index contributed by atoms with van der Waals surface area (Å²) in [6, 6.07) is 19.6. The Balaban J connectivity index is 1.45. The number of hydrogen-bond donors (Lipinski definition) is 2. The zero-order valence-electron chi connectivity index (χ0n) is 19.7. The standard InChI is InChI=1S/C28H30N2O3S/c1-4-33-22-10-8-20(9-11-22)28-25-7-5-6-24(25)26-17-23(12-13-27(26)29-28)34(31,32)30-21-15-18(2)14-19(3)16-21/h5-6,8-17,24-25,28-30H,4,7H2,1-3H3/t24-,25+,28+/m0/s1. The van der Waals surface area contributed by atoms with Crippen molar-refractivity contribution in [1.29, 1.82) is 0 Å². The van der Waals surface area contributed by atoms with Crippen molar-refractivity contribution in [2.45, 2.75) is 44.0 Å². The van der Waals surface area contributed by atoms with Gasteiger partial charge in [-0.2, -0.15) is 0 Å². The molecule has 2 aliphatic rings. The summed E-state index contributed by atoms with van der Waals surface area (Å²) in [6.07, 6.45) is 5.38. The Bertz CT molecular complexity index is 1330. The number of allylic oxidation sites excluding steroid dienone is 2. The van der Waals surface area contributed by atoms with Crippen molar-refractivity contribution >= 4 is 21.4 Å². The molecule has 0 aromatic heterocycles. The molecule has 3 aromatic rings. The van der Waals surface area contributed by atoms with Gasteiger partial charge in [0.2, 0.25) is 0 Å². The largest absolute Gasteiger partial charge is 0.494 e. The first-order chi connectivity index (χ1) is 16.3. The normalized spacial score (nSPS) is 20.9. The first-order valence-electron chi connectivity index (χ1n) is 11.7. The molecule has 3 atom stereocenters. The van der Waals surface area contributed by atoms with Crippen molar-refractivity contribution in [1.82, 2.24) is 0 Å². The number of benzene rings is 3. The van der Waals surface area contributed by atoms with Crippen LogP contribution in [0, 0.1) is 19.8 Å². The van der Waals surface area contributed by atoms with Crippen LogP contribution >= 0.6 is 0 Å². The molecule has 1 aliphatic carbocycles. The van der Waals surface area contributed by atoms with E-state index in [0.29, 0.717) is 18.2 Å². The summed E-state index contributed by atoms with van der Waals surface area (Å²) >= 11 is 0. The number of sulfonamides is 1. The number of aryl methyl sites for hydroxylation is 2. The highest BCUT2D eigenvalue weighted by Gasteiger charge is 2.38. The lowest BCUT2D eigenvalue weighted by atomic mass is 9.77. The van der Waals surface area contributed by atoms with Gasteiger partial charge in [0.25, 0.3) is 10.0 Å². The molecule has 0 amide bonds. The summed E-state index contributed by atoms with van der Waals surface area (Å²) in [7, 11) is -3.70. The highest BCUT2D eigenvalue weighted by atomic mass is 32.2. The summed E-state index contributed by atoms with van der Waals surface area (Å²) in [5, 5.41) is 3.68. The number of nitrogens with one attached hydrogen (secondary N) is 2. The minimum Gasteiger partial charge on any atom is -0.494 e. The van der Waals surface area contributed by atoms with Crippen molar-refractivity contribution < 1.29 is 13.2 Å². The number of ether oxygens (including phenoxy) is 1. The number of anilines is 2. The lowest BCUT2D eigenvalue weighted by molar-refractivity contribution is 0.340. The Kier molecular flexibility index (Phi) is 5.86. The molecule has 0 bridgehead atoms. The molecular weight excluding hydrogens is 444 g/mol. The van der Waals surface area contributed by atoms with Crippen molar-refractivity contribution in [2.75, 3.05) is 16.6 Å². The third-order valence-electron chi connectivity index (χ3n) is 6.67. The Hall–Kier alpha value is -3.25. The highest BCUT2D eigenvalue weighted by molar-refractivity contribution is 7.92. The fraction of sp³-hybridized carbons (Fsp3) is 0.286. The lowest BCUT2D eigenvalue weighted by Gasteiger charge is -2.37. The van der Waals surface area contributed by atoms with Gasteiger partial charge >= 0.3 is 0 Å². The van der Waals surface area contributed by atoms with Gasteiger partial charge in [0, 0.05) is 17.3 Å². The molecule has 5 nitrogen and oxygen atoms in total. The lowest BCUT2D eigenvalue weighted by Crippen LogP contribution is -2.29. The van der Waals surface area contributed by atoms with E-state index in [1.807, 2.05) is 63.2 Å². The van der Waals surface area contributed by atoms with Gasteiger partial charge in [-0.25, -0.2) is 8.42 Å². The minimum absolute atomic E-state index is 0.152. The van der Waals surface area contributed by atoms with E-state index in [2.05, 4.69) is 34.3 Å². The zero-order chi connectivity index (χ0) is 23.9. The van der Waals surface area contributed by atoms with E-state index in [-0.39, 0.29) is 16.9 Å². The molecule has 1 heterocycles.